The van der Waals surface area contributed by atoms with Crippen molar-refractivity contribution < 1.29 is 9.26 Å². The van der Waals surface area contributed by atoms with Gasteiger partial charge in [0.2, 0.25) is 5.82 Å². The summed E-state index contributed by atoms with van der Waals surface area (Å²) in [6, 6.07) is 14.5. The number of hydrogen-bond acceptors (Lipinski definition) is 4. The summed E-state index contributed by atoms with van der Waals surface area (Å²) in [7, 11) is 0. The lowest BCUT2D eigenvalue weighted by Gasteiger charge is -2.12. The first-order valence-electron chi connectivity index (χ1n) is 9.58. The molecule has 26 heavy (non-hydrogen) atoms. The van der Waals surface area contributed by atoms with E-state index in [0.717, 1.165) is 36.1 Å². The van der Waals surface area contributed by atoms with E-state index in [-0.39, 0.29) is 0 Å². The van der Waals surface area contributed by atoms with Gasteiger partial charge < -0.3 is 9.26 Å². The Morgan fingerprint density at radius 2 is 1.62 bits per heavy atom. The molecule has 132 valence electrons. The van der Waals surface area contributed by atoms with Crippen molar-refractivity contribution in [2.75, 3.05) is 0 Å². The fourth-order valence-corrected chi connectivity index (χ4v) is 4.04. The van der Waals surface area contributed by atoms with E-state index < -0.39 is 0 Å². The van der Waals surface area contributed by atoms with Gasteiger partial charge in [-0.15, -0.1) is 0 Å². The average molecular weight is 346 g/mol. The molecule has 0 radical (unpaired) electrons. The first kappa shape index (κ1) is 15.6. The molecular weight excluding hydrogens is 324 g/mol. The fourth-order valence-electron chi connectivity index (χ4n) is 4.04. The molecule has 2 aliphatic rings. The van der Waals surface area contributed by atoms with Crippen molar-refractivity contribution in [3.05, 3.63) is 53.6 Å². The fraction of sp³-hybridized carbons (Fsp3) is 0.364. The molecule has 1 saturated carbocycles. The third-order valence-corrected chi connectivity index (χ3v) is 5.49. The lowest BCUT2D eigenvalue weighted by atomic mass is 10.1. The Kier molecular flexibility index (Phi) is 3.96. The summed E-state index contributed by atoms with van der Waals surface area (Å²) >= 11 is 0. The smallest absolute Gasteiger partial charge is 0.258 e. The molecule has 1 fully saturated rings. The molecule has 0 aliphatic heterocycles. The zero-order valence-corrected chi connectivity index (χ0v) is 14.8. The van der Waals surface area contributed by atoms with E-state index >= 15 is 0 Å². The molecule has 1 aromatic heterocycles. The van der Waals surface area contributed by atoms with Crippen molar-refractivity contribution in [3.63, 3.8) is 0 Å². The second-order valence-corrected chi connectivity index (χ2v) is 7.31. The number of rotatable bonds is 4. The third kappa shape index (κ3) is 3.00. The molecule has 1 heterocycles. The van der Waals surface area contributed by atoms with Crippen LogP contribution in [0.25, 0.3) is 22.8 Å². The highest BCUT2D eigenvalue weighted by molar-refractivity contribution is 5.61. The van der Waals surface area contributed by atoms with Crippen molar-refractivity contribution in [3.8, 4) is 28.6 Å². The van der Waals surface area contributed by atoms with E-state index in [1.54, 1.807) is 0 Å². The SMILES string of the molecule is c1cc(-c2noc(-c3ccc4c(c3)CCC4)n2)ccc1OC1CCCC1. The lowest BCUT2D eigenvalue weighted by molar-refractivity contribution is 0.210. The Morgan fingerprint density at radius 1 is 0.846 bits per heavy atom. The van der Waals surface area contributed by atoms with Crippen LogP contribution in [-0.2, 0) is 12.8 Å². The normalized spacial score (nSPS) is 16.8. The highest BCUT2D eigenvalue weighted by Crippen LogP contribution is 2.29. The summed E-state index contributed by atoms with van der Waals surface area (Å²) in [6.45, 7) is 0. The summed E-state index contributed by atoms with van der Waals surface area (Å²) in [6.07, 6.45) is 8.81. The average Bonchev–Trinajstić information content (AvgIpc) is 3.43. The number of fused-ring (bicyclic) bond motifs is 1. The zero-order chi connectivity index (χ0) is 17.3. The highest BCUT2D eigenvalue weighted by Gasteiger charge is 2.17. The summed E-state index contributed by atoms with van der Waals surface area (Å²) < 4.78 is 11.5. The van der Waals surface area contributed by atoms with Crippen molar-refractivity contribution in [2.24, 2.45) is 0 Å². The number of aromatic nitrogens is 2. The van der Waals surface area contributed by atoms with Crippen LogP contribution in [0.15, 0.2) is 47.0 Å². The lowest BCUT2D eigenvalue weighted by Crippen LogP contribution is -2.10. The van der Waals surface area contributed by atoms with Crippen LogP contribution in [0.1, 0.15) is 43.2 Å². The van der Waals surface area contributed by atoms with E-state index in [9.17, 15) is 0 Å². The molecule has 0 N–H and O–H groups in total. The molecule has 0 bridgehead atoms. The summed E-state index contributed by atoms with van der Waals surface area (Å²) in [5.74, 6) is 2.12. The Balaban J connectivity index is 1.34. The van der Waals surface area contributed by atoms with E-state index in [2.05, 4.69) is 28.3 Å². The molecule has 0 unspecified atom stereocenters. The zero-order valence-electron chi connectivity index (χ0n) is 14.8. The highest BCUT2D eigenvalue weighted by atomic mass is 16.5. The van der Waals surface area contributed by atoms with Crippen LogP contribution in [-0.4, -0.2) is 16.2 Å². The van der Waals surface area contributed by atoms with Gasteiger partial charge >= 0.3 is 0 Å². The Hall–Kier alpha value is -2.62. The molecule has 3 aromatic rings. The van der Waals surface area contributed by atoms with Gasteiger partial charge in [-0.25, -0.2) is 0 Å². The van der Waals surface area contributed by atoms with Gasteiger partial charge in [0.05, 0.1) is 6.10 Å². The molecule has 0 atom stereocenters. The monoisotopic (exact) mass is 346 g/mol. The van der Waals surface area contributed by atoms with E-state index in [0.29, 0.717) is 17.8 Å². The van der Waals surface area contributed by atoms with E-state index in [4.69, 9.17) is 9.26 Å². The summed E-state index contributed by atoms with van der Waals surface area (Å²) in [5, 5.41) is 4.16. The molecule has 2 aliphatic carbocycles. The maximum absolute atomic E-state index is 6.02. The molecule has 5 rings (SSSR count). The van der Waals surface area contributed by atoms with Crippen molar-refractivity contribution in [1.29, 1.82) is 0 Å². The number of aryl methyl sites for hydroxylation is 2. The van der Waals surface area contributed by atoms with Gasteiger partial charge in [-0.05, 0) is 92.5 Å². The maximum Gasteiger partial charge on any atom is 0.258 e. The molecule has 0 spiro atoms. The van der Waals surface area contributed by atoms with Gasteiger partial charge in [-0.3, -0.25) is 0 Å². The predicted octanol–water partition coefficient (Wildman–Crippen LogP) is 5.21. The van der Waals surface area contributed by atoms with Crippen LogP contribution in [0.5, 0.6) is 5.75 Å². The van der Waals surface area contributed by atoms with Crippen LogP contribution >= 0.6 is 0 Å². The van der Waals surface area contributed by atoms with Crippen molar-refractivity contribution in [2.45, 2.75) is 51.0 Å². The Morgan fingerprint density at radius 3 is 2.46 bits per heavy atom. The first-order valence-corrected chi connectivity index (χ1v) is 9.58. The minimum atomic E-state index is 0.373. The summed E-state index contributed by atoms with van der Waals surface area (Å²) in [4.78, 5) is 4.59. The van der Waals surface area contributed by atoms with Crippen LogP contribution in [0, 0.1) is 0 Å². The maximum atomic E-state index is 6.02. The largest absolute Gasteiger partial charge is 0.490 e. The van der Waals surface area contributed by atoms with Crippen LogP contribution < -0.4 is 4.74 Å². The van der Waals surface area contributed by atoms with Crippen LogP contribution in [0.3, 0.4) is 0 Å². The minimum absolute atomic E-state index is 0.373. The third-order valence-electron chi connectivity index (χ3n) is 5.49. The second kappa shape index (κ2) is 6.60. The Labute approximate surface area is 153 Å². The van der Waals surface area contributed by atoms with Gasteiger partial charge in [0.1, 0.15) is 5.75 Å². The molecule has 4 heteroatoms. The topological polar surface area (TPSA) is 48.2 Å². The van der Waals surface area contributed by atoms with Crippen molar-refractivity contribution in [1.82, 2.24) is 10.1 Å². The van der Waals surface area contributed by atoms with Crippen LogP contribution in [0.2, 0.25) is 0 Å². The van der Waals surface area contributed by atoms with Gasteiger partial charge in [0.15, 0.2) is 0 Å². The van der Waals surface area contributed by atoms with Gasteiger partial charge in [0.25, 0.3) is 5.89 Å². The standard InChI is InChI=1S/C22H22N2O2/c1-2-7-19(6-1)25-20-12-10-16(11-13-20)21-23-22(26-24-21)18-9-8-15-4-3-5-17(15)14-18/h8-14,19H,1-7H2. The Bertz CT molecular complexity index is 908. The first-order chi connectivity index (χ1) is 12.8. The number of nitrogens with zero attached hydrogens (tertiary/aromatic N) is 2. The number of benzene rings is 2. The molecular formula is C22H22N2O2. The van der Waals surface area contributed by atoms with E-state index in [1.165, 1.54) is 36.8 Å². The molecule has 4 nitrogen and oxygen atoms in total. The quantitative estimate of drug-likeness (QED) is 0.650. The van der Waals surface area contributed by atoms with Crippen molar-refractivity contribution >= 4 is 0 Å². The number of hydrogen-bond donors (Lipinski definition) is 0. The molecule has 2 aromatic carbocycles. The predicted molar refractivity (Wildman–Crippen MR) is 100 cm³/mol. The second-order valence-electron chi connectivity index (χ2n) is 7.31. The van der Waals surface area contributed by atoms with E-state index in [1.807, 2.05) is 24.3 Å². The van der Waals surface area contributed by atoms with Gasteiger partial charge in [-0.1, -0.05) is 11.2 Å². The van der Waals surface area contributed by atoms with Gasteiger partial charge in [-0.2, -0.15) is 4.98 Å². The molecule has 0 saturated heterocycles. The minimum Gasteiger partial charge on any atom is -0.490 e. The summed E-state index contributed by atoms with van der Waals surface area (Å²) in [5.41, 5.74) is 4.81. The number of ether oxygens (including phenoxy) is 1. The van der Waals surface area contributed by atoms with Crippen LogP contribution in [0.4, 0.5) is 0 Å². The van der Waals surface area contributed by atoms with Gasteiger partial charge in [0, 0.05) is 11.1 Å². The molecule has 0 amide bonds.